The minimum absolute atomic E-state index is 0.370. The summed E-state index contributed by atoms with van der Waals surface area (Å²) in [5.74, 6) is 0. The number of thiol groups is 1. The summed E-state index contributed by atoms with van der Waals surface area (Å²) < 4.78 is 9.08. The maximum absolute atomic E-state index is 4.54. The van der Waals surface area contributed by atoms with Crippen molar-refractivity contribution in [3.05, 3.63) is 0 Å². The molecule has 0 aromatic rings. The van der Waals surface area contributed by atoms with Gasteiger partial charge < -0.3 is 9.31 Å². The van der Waals surface area contributed by atoms with Gasteiger partial charge in [0, 0.05) is 14.2 Å². The molecule has 0 aromatic heterocycles. The van der Waals surface area contributed by atoms with Crippen LogP contribution in [0.5, 0.6) is 0 Å². The zero-order valence-corrected chi connectivity index (χ0v) is 4.74. The monoisotopic (exact) mass is 106 g/mol. The molecule has 4 heteroatoms. The minimum atomic E-state index is -0.370. The highest BCUT2D eigenvalue weighted by molar-refractivity contribution is 8.08. The van der Waals surface area contributed by atoms with Crippen molar-refractivity contribution in [1.29, 1.82) is 0 Å². The van der Waals surface area contributed by atoms with Crippen LogP contribution in [0.4, 0.5) is 0 Å². The highest BCUT2D eigenvalue weighted by Crippen LogP contribution is 1.85. The van der Waals surface area contributed by atoms with E-state index in [0.717, 1.165) is 0 Å². The largest absolute Gasteiger partial charge is 0.527 e. The van der Waals surface area contributed by atoms with Gasteiger partial charge in [-0.05, 0) is 0 Å². The predicted octanol–water partition coefficient (Wildman–Crippen LogP) is 0.194. The summed E-state index contributed by atoms with van der Waals surface area (Å²) in [6.07, 6.45) is -0.370. The molecule has 0 heterocycles. The molecule has 0 aromatic carbocycles. The molecule has 0 rings (SSSR count). The van der Waals surface area contributed by atoms with Crippen LogP contribution < -0.4 is 0 Å². The number of hydrogen-bond donors (Lipinski definition) is 1. The molecule has 0 spiro atoms. The van der Waals surface area contributed by atoms with Crippen LogP contribution in [0.25, 0.3) is 0 Å². The molecule has 0 aliphatic heterocycles. The lowest BCUT2D eigenvalue weighted by atomic mass is 10.4. The second-order valence-electron chi connectivity index (χ2n) is 0.778. The topological polar surface area (TPSA) is 18.5 Å². The molecule has 0 N–H and O–H groups in total. The van der Waals surface area contributed by atoms with Crippen molar-refractivity contribution in [3.63, 3.8) is 0 Å². The van der Waals surface area contributed by atoms with Gasteiger partial charge in [-0.3, -0.25) is 0 Å². The Kier molecular flexibility index (Phi) is 3.72. The summed E-state index contributed by atoms with van der Waals surface area (Å²) in [5.41, 5.74) is 0. The Morgan fingerprint density at radius 2 is 1.67 bits per heavy atom. The molecule has 0 saturated heterocycles. The molecule has 0 bridgehead atoms. The van der Waals surface area contributed by atoms with E-state index in [0.29, 0.717) is 0 Å². The van der Waals surface area contributed by atoms with Crippen LogP contribution in [0.3, 0.4) is 0 Å². The Hall–Kier alpha value is 0.335. The SMILES string of the molecule is COB(S)OC. The summed E-state index contributed by atoms with van der Waals surface area (Å²) in [6.45, 7) is 0. The van der Waals surface area contributed by atoms with Gasteiger partial charge in [-0.25, -0.2) is 0 Å². The Morgan fingerprint density at radius 1 is 1.33 bits per heavy atom. The second-order valence-corrected chi connectivity index (χ2v) is 1.20. The molecular weight excluding hydrogens is 98.9 g/mol. The van der Waals surface area contributed by atoms with E-state index >= 15 is 0 Å². The quantitative estimate of drug-likeness (QED) is 0.400. The third kappa shape index (κ3) is 2.57. The maximum atomic E-state index is 4.54. The first-order chi connectivity index (χ1) is 2.81. The van der Waals surface area contributed by atoms with E-state index in [1.54, 1.807) is 0 Å². The second kappa shape index (κ2) is 3.52. The van der Waals surface area contributed by atoms with E-state index in [2.05, 4.69) is 21.8 Å². The zero-order chi connectivity index (χ0) is 4.99. The highest BCUT2D eigenvalue weighted by atomic mass is 32.1. The van der Waals surface area contributed by atoms with Crippen LogP contribution in [0.1, 0.15) is 0 Å². The summed E-state index contributed by atoms with van der Waals surface area (Å²) in [5, 5.41) is 0. The fourth-order valence-electron chi connectivity index (χ4n) is 0.0962. The van der Waals surface area contributed by atoms with Crippen LogP contribution in [0.2, 0.25) is 0 Å². The molecule has 0 aliphatic carbocycles. The van der Waals surface area contributed by atoms with Gasteiger partial charge in [0.15, 0.2) is 0 Å². The Balaban J connectivity index is 2.75. The lowest BCUT2D eigenvalue weighted by molar-refractivity contribution is 0.302. The standard InChI is InChI=1S/C2H7BO2S/c1-4-3(6)5-2/h6H,1-2H3. The number of rotatable bonds is 2. The molecule has 36 valence electrons. The van der Waals surface area contributed by atoms with E-state index in [1.807, 2.05) is 0 Å². The first kappa shape index (κ1) is 6.33. The predicted molar refractivity (Wildman–Crippen MR) is 28.8 cm³/mol. The fourth-order valence-corrected chi connectivity index (χ4v) is 0.0962. The van der Waals surface area contributed by atoms with Gasteiger partial charge in [-0.1, -0.05) is 0 Å². The Bertz CT molecular complexity index is 30.7. The lowest BCUT2D eigenvalue weighted by Gasteiger charge is -1.95. The van der Waals surface area contributed by atoms with Crippen molar-refractivity contribution >= 4 is 18.9 Å². The average molecular weight is 106 g/mol. The summed E-state index contributed by atoms with van der Waals surface area (Å²) in [6, 6.07) is 0. The summed E-state index contributed by atoms with van der Waals surface area (Å²) in [4.78, 5) is 0. The molecule has 0 aliphatic rings. The molecule has 0 amide bonds. The molecule has 2 nitrogen and oxygen atoms in total. The molecule has 6 heavy (non-hydrogen) atoms. The molecule has 0 saturated carbocycles. The van der Waals surface area contributed by atoms with Crippen molar-refractivity contribution in [2.45, 2.75) is 0 Å². The van der Waals surface area contributed by atoms with Crippen molar-refractivity contribution in [2.24, 2.45) is 0 Å². The van der Waals surface area contributed by atoms with Crippen LogP contribution in [-0.2, 0) is 9.31 Å². The van der Waals surface area contributed by atoms with Crippen molar-refractivity contribution in [2.75, 3.05) is 14.2 Å². The zero-order valence-electron chi connectivity index (χ0n) is 3.84. The maximum Gasteiger partial charge on any atom is 0.527 e. The Labute approximate surface area is 43.3 Å². The summed E-state index contributed by atoms with van der Waals surface area (Å²) in [7, 11) is 3.06. The highest BCUT2D eigenvalue weighted by Gasteiger charge is 2.02. The van der Waals surface area contributed by atoms with Crippen LogP contribution in [0, 0.1) is 0 Å². The van der Waals surface area contributed by atoms with Gasteiger partial charge in [-0.15, -0.1) is 0 Å². The average Bonchev–Trinajstić information content (AvgIpc) is 1.65. The normalized spacial score (nSPS) is 8.50. The van der Waals surface area contributed by atoms with Gasteiger partial charge in [0.1, 0.15) is 0 Å². The van der Waals surface area contributed by atoms with Gasteiger partial charge in [0.05, 0.1) is 0 Å². The minimum Gasteiger partial charge on any atom is -0.405 e. The third-order valence-electron chi connectivity index (χ3n) is 0.403. The number of hydrogen-bond acceptors (Lipinski definition) is 3. The third-order valence-corrected chi connectivity index (χ3v) is 0.825. The fraction of sp³-hybridized carbons (Fsp3) is 1.00. The van der Waals surface area contributed by atoms with Gasteiger partial charge >= 0.3 is 6.40 Å². The van der Waals surface area contributed by atoms with Crippen molar-refractivity contribution in [3.8, 4) is 0 Å². The summed E-state index contributed by atoms with van der Waals surface area (Å²) >= 11 is 3.79. The van der Waals surface area contributed by atoms with E-state index in [1.165, 1.54) is 14.2 Å². The van der Waals surface area contributed by atoms with Crippen molar-refractivity contribution < 1.29 is 9.31 Å². The molecule has 0 fully saturated rings. The van der Waals surface area contributed by atoms with Crippen LogP contribution in [-0.4, -0.2) is 20.6 Å². The Morgan fingerprint density at radius 3 is 1.67 bits per heavy atom. The molecule has 0 atom stereocenters. The van der Waals surface area contributed by atoms with Crippen LogP contribution >= 0.6 is 12.5 Å². The van der Waals surface area contributed by atoms with Gasteiger partial charge in [0.2, 0.25) is 0 Å². The molecular formula is C2H7BO2S. The van der Waals surface area contributed by atoms with Gasteiger partial charge in [-0.2, -0.15) is 12.5 Å². The van der Waals surface area contributed by atoms with Crippen LogP contribution in [0.15, 0.2) is 0 Å². The molecule has 0 unspecified atom stereocenters. The van der Waals surface area contributed by atoms with E-state index in [-0.39, 0.29) is 6.40 Å². The lowest BCUT2D eigenvalue weighted by Crippen LogP contribution is -2.09. The first-order valence-corrected chi connectivity index (χ1v) is 2.06. The molecule has 0 radical (unpaired) electrons. The van der Waals surface area contributed by atoms with E-state index < -0.39 is 0 Å². The van der Waals surface area contributed by atoms with Gasteiger partial charge in [0.25, 0.3) is 0 Å². The smallest absolute Gasteiger partial charge is 0.405 e. The van der Waals surface area contributed by atoms with E-state index in [9.17, 15) is 0 Å². The van der Waals surface area contributed by atoms with Crippen molar-refractivity contribution in [1.82, 2.24) is 0 Å². The van der Waals surface area contributed by atoms with E-state index in [4.69, 9.17) is 0 Å². The first-order valence-electron chi connectivity index (χ1n) is 1.55.